The van der Waals surface area contributed by atoms with Gasteiger partial charge in [0.05, 0.1) is 19.1 Å². The topological polar surface area (TPSA) is 49.1 Å². The number of nitriles is 1. The van der Waals surface area contributed by atoms with E-state index in [0.717, 1.165) is 18.0 Å². The monoisotopic (exact) mass is 233 g/mol. The van der Waals surface area contributed by atoms with Gasteiger partial charge < -0.3 is 9.64 Å². The third kappa shape index (κ3) is 3.63. The fraction of sp³-hybridized carbons (Fsp3) is 0.538. The van der Waals surface area contributed by atoms with Gasteiger partial charge in [-0.1, -0.05) is 6.92 Å². The lowest BCUT2D eigenvalue weighted by atomic mass is 10.2. The number of aromatic nitrogens is 1. The van der Waals surface area contributed by atoms with E-state index in [-0.39, 0.29) is 6.04 Å². The molecule has 0 aromatic carbocycles. The van der Waals surface area contributed by atoms with Gasteiger partial charge in [0.1, 0.15) is 0 Å². The van der Waals surface area contributed by atoms with Crippen LogP contribution in [0.25, 0.3) is 0 Å². The Balaban J connectivity index is 2.84. The number of hydrogen-bond acceptors (Lipinski definition) is 4. The van der Waals surface area contributed by atoms with Crippen LogP contribution in [0.1, 0.15) is 26.7 Å². The summed E-state index contributed by atoms with van der Waals surface area (Å²) in [5, 5.41) is 8.71. The van der Waals surface area contributed by atoms with Crippen LogP contribution in [0.15, 0.2) is 18.3 Å². The van der Waals surface area contributed by atoms with Crippen molar-refractivity contribution in [2.45, 2.75) is 32.7 Å². The Morgan fingerprint density at radius 3 is 3.00 bits per heavy atom. The summed E-state index contributed by atoms with van der Waals surface area (Å²) in [4.78, 5) is 6.31. The zero-order valence-electron chi connectivity index (χ0n) is 10.7. The molecule has 1 aromatic heterocycles. The van der Waals surface area contributed by atoms with Gasteiger partial charge in [-0.25, -0.2) is 4.98 Å². The van der Waals surface area contributed by atoms with Gasteiger partial charge in [0.15, 0.2) is 11.6 Å². The van der Waals surface area contributed by atoms with Crippen molar-refractivity contribution in [1.29, 1.82) is 5.26 Å². The van der Waals surface area contributed by atoms with Crippen LogP contribution in [0.3, 0.4) is 0 Å². The lowest BCUT2D eigenvalue weighted by molar-refractivity contribution is 0.316. The van der Waals surface area contributed by atoms with Crippen LogP contribution in [-0.2, 0) is 0 Å². The molecule has 0 amide bonds. The quantitative estimate of drug-likeness (QED) is 0.757. The van der Waals surface area contributed by atoms with E-state index in [1.54, 1.807) is 6.20 Å². The predicted molar refractivity (Wildman–Crippen MR) is 68.1 cm³/mol. The predicted octanol–water partition coefficient (Wildman–Crippen LogP) is 2.61. The van der Waals surface area contributed by atoms with E-state index in [1.807, 2.05) is 31.0 Å². The second-order valence-corrected chi connectivity index (χ2v) is 4.00. The Hall–Kier alpha value is -1.76. The van der Waals surface area contributed by atoms with Gasteiger partial charge in [-0.15, -0.1) is 0 Å². The molecular weight excluding hydrogens is 214 g/mol. The normalized spacial score (nSPS) is 11.6. The van der Waals surface area contributed by atoms with Gasteiger partial charge in [-0.3, -0.25) is 0 Å². The minimum Gasteiger partial charge on any atom is -0.490 e. The molecule has 0 spiro atoms. The summed E-state index contributed by atoms with van der Waals surface area (Å²) in [6.07, 6.45) is 3.18. The second kappa shape index (κ2) is 6.74. The van der Waals surface area contributed by atoms with E-state index in [2.05, 4.69) is 18.0 Å². The maximum Gasteiger partial charge on any atom is 0.171 e. The Morgan fingerprint density at radius 2 is 2.35 bits per heavy atom. The number of rotatable bonds is 6. The molecule has 1 heterocycles. The molecule has 0 aliphatic rings. The smallest absolute Gasteiger partial charge is 0.171 e. The lowest BCUT2D eigenvalue weighted by Crippen LogP contribution is -2.29. The molecule has 0 aliphatic heterocycles. The number of ether oxygens (including phenoxy) is 1. The first-order valence-corrected chi connectivity index (χ1v) is 5.88. The molecule has 0 saturated carbocycles. The first-order chi connectivity index (χ1) is 8.20. The van der Waals surface area contributed by atoms with E-state index in [0.29, 0.717) is 13.0 Å². The van der Waals surface area contributed by atoms with Crippen molar-refractivity contribution in [2.75, 3.05) is 18.6 Å². The molecule has 4 heteroatoms. The lowest BCUT2D eigenvalue weighted by Gasteiger charge is -2.25. The molecule has 0 saturated heterocycles. The van der Waals surface area contributed by atoms with Crippen molar-refractivity contribution in [1.82, 2.24) is 4.98 Å². The van der Waals surface area contributed by atoms with Crippen molar-refractivity contribution in [3.8, 4) is 11.8 Å². The standard InChI is InChI=1S/C13H19N3O/c1-4-10-17-12-6-5-9-15-13(12)16(3)11(2)7-8-14/h5-6,9,11H,4,7,10H2,1-3H3. The third-order valence-electron chi connectivity index (χ3n) is 2.59. The molecule has 0 N–H and O–H groups in total. The van der Waals surface area contributed by atoms with Gasteiger partial charge in [0.25, 0.3) is 0 Å². The van der Waals surface area contributed by atoms with Crippen molar-refractivity contribution < 1.29 is 4.74 Å². The van der Waals surface area contributed by atoms with Crippen LogP contribution in [0.5, 0.6) is 5.75 Å². The highest BCUT2D eigenvalue weighted by Crippen LogP contribution is 2.26. The van der Waals surface area contributed by atoms with Crippen LogP contribution in [0, 0.1) is 11.3 Å². The van der Waals surface area contributed by atoms with E-state index in [1.165, 1.54) is 0 Å². The largest absolute Gasteiger partial charge is 0.490 e. The zero-order chi connectivity index (χ0) is 12.7. The zero-order valence-corrected chi connectivity index (χ0v) is 10.7. The average Bonchev–Trinajstić information content (AvgIpc) is 2.36. The summed E-state index contributed by atoms with van der Waals surface area (Å²) >= 11 is 0. The number of pyridine rings is 1. The number of anilines is 1. The molecule has 4 nitrogen and oxygen atoms in total. The highest BCUT2D eigenvalue weighted by Gasteiger charge is 2.15. The molecule has 1 rings (SSSR count). The van der Waals surface area contributed by atoms with Gasteiger partial charge in [-0.2, -0.15) is 5.26 Å². The first kappa shape index (κ1) is 13.3. The van der Waals surface area contributed by atoms with E-state index < -0.39 is 0 Å². The summed E-state index contributed by atoms with van der Waals surface area (Å²) in [5.74, 6) is 1.57. The molecule has 1 aromatic rings. The Labute approximate surface area is 103 Å². The molecule has 17 heavy (non-hydrogen) atoms. The molecule has 0 radical (unpaired) electrons. The second-order valence-electron chi connectivity index (χ2n) is 4.00. The van der Waals surface area contributed by atoms with Crippen LogP contribution in [-0.4, -0.2) is 24.7 Å². The van der Waals surface area contributed by atoms with Crippen molar-refractivity contribution in [2.24, 2.45) is 0 Å². The Kier molecular flexibility index (Phi) is 5.28. The number of hydrogen-bond donors (Lipinski definition) is 0. The summed E-state index contributed by atoms with van der Waals surface area (Å²) < 4.78 is 5.65. The van der Waals surface area contributed by atoms with Gasteiger partial charge in [0, 0.05) is 19.3 Å². The van der Waals surface area contributed by atoms with Crippen molar-refractivity contribution in [3.63, 3.8) is 0 Å². The van der Waals surface area contributed by atoms with Gasteiger partial charge in [-0.05, 0) is 25.5 Å². The fourth-order valence-electron chi connectivity index (χ4n) is 1.45. The first-order valence-electron chi connectivity index (χ1n) is 5.88. The molecule has 1 atom stereocenters. The molecule has 92 valence electrons. The van der Waals surface area contributed by atoms with Crippen LogP contribution in [0.2, 0.25) is 0 Å². The van der Waals surface area contributed by atoms with Gasteiger partial charge >= 0.3 is 0 Å². The summed E-state index contributed by atoms with van der Waals surface area (Å²) in [6.45, 7) is 4.75. The summed E-state index contributed by atoms with van der Waals surface area (Å²) in [6, 6.07) is 6.06. The van der Waals surface area contributed by atoms with Crippen molar-refractivity contribution in [3.05, 3.63) is 18.3 Å². The SMILES string of the molecule is CCCOc1cccnc1N(C)C(C)CC#N. The third-order valence-corrected chi connectivity index (χ3v) is 2.59. The van der Waals surface area contributed by atoms with E-state index >= 15 is 0 Å². The average molecular weight is 233 g/mol. The molecule has 0 bridgehead atoms. The Bertz CT molecular complexity index is 386. The fourth-order valence-corrected chi connectivity index (χ4v) is 1.45. The minimum atomic E-state index is 0.124. The van der Waals surface area contributed by atoms with Crippen molar-refractivity contribution >= 4 is 5.82 Å². The maximum absolute atomic E-state index is 8.71. The Morgan fingerprint density at radius 1 is 1.59 bits per heavy atom. The van der Waals surface area contributed by atoms with Crippen LogP contribution < -0.4 is 9.64 Å². The molecule has 1 unspecified atom stereocenters. The van der Waals surface area contributed by atoms with Gasteiger partial charge in [0.2, 0.25) is 0 Å². The molecule has 0 fully saturated rings. The number of nitrogens with zero attached hydrogens (tertiary/aromatic N) is 3. The molecule has 0 aliphatic carbocycles. The highest BCUT2D eigenvalue weighted by molar-refractivity contribution is 5.52. The maximum atomic E-state index is 8.71. The summed E-state index contributed by atoms with van der Waals surface area (Å²) in [7, 11) is 1.93. The minimum absolute atomic E-state index is 0.124. The van der Waals surface area contributed by atoms with E-state index in [4.69, 9.17) is 10.00 Å². The van der Waals surface area contributed by atoms with E-state index in [9.17, 15) is 0 Å². The molecular formula is C13H19N3O. The van der Waals surface area contributed by atoms with Crippen LogP contribution in [0.4, 0.5) is 5.82 Å². The highest BCUT2D eigenvalue weighted by atomic mass is 16.5. The van der Waals surface area contributed by atoms with Crippen LogP contribution >= 0.6 is 0 Å². The summed E-state index contributed by atoms with van der Waals surface area (Å²) in [5.41, 5.74) is 0.